The summed E-state index contributed by atoms with van der Waals surface area (Å²) in [6, 6.07) is 0.549. The van der Waals surface area contributed by atoms with Gasteiger partial charge in [0.05, 0.1) is 12.2 Å². The second kappa shape index (κ2) is 4.63. The third-order valence-electron chi connectivity index (χ3n) is 4.36. The number of rotatable bonds is 4. The van der Waals surface area contributed by atoms with Crippen LogP contribution < -0.4 is 5.32 Å². The molecule has 3 unspecified atom stereocenters. The summed E-state index contributed by atoms with van der Waals surface area (Å²) in [5.74, 6) is 0. The predicted octanol–water partition coefficient (Wildman–Crippen LogP) is 1.48. The number of likely N-dealkylation sites (tertiary alicyclic amines) is 1. The topological polar surface area (TPSA) is 24.5 Å². The molecule has 3 nitrogen and oxygen atoms in total. The Morgan fingerprint density at radius 2 is 1.88 bits per heavy atom. The minimum Gasteiger partial charge on any atom is -0.372 e. The number of fused-ring (bicyclic) bond motifs is 2. The normalized spacial score (nSPS) is 33.0. The minimum absolute atomic E-state index is 0.325. The van der Waals surface area contributed by atoms with Crippen molar-refractivity contribution in [1.82, 2.24) is 10.2 Å². The summed E-state index contributed by atoms with van der Waals surface area (Å²) in [5.41, 5.74) is 0.325. The van der Waals surface area contributed by atoms with Crippen molar-refractivity contribution in [2.75, 3.05) is 26.7 Å². The molecule has 0 radical (unpaired) electrons. The molecule has 2 bridgehead atoms. The Morgan fingerprint density at radius 1 is 1.31 bits per heavy atom. The molecule has 16 heavy (non-hydrogen) atoms. The summed E-state index contributed by atoms with van der Waals surface area (Å²) < 4.78 is 5.87. The standard InChI is InChI=1S/C13H26N2O/c1-10(14-4)13(2,3)9-15-7-11-5-6-12(8-15)16-11/h10-12,14H,5-9H2,1-4H3. The molecule has 3 atom stereocenters. The first-order chi connectivity index (χ1) is 7.51. The second-order valence-corrected chi connectivity index (χ2v) is 6.15. The van der Waals surface area contributed by atoms with Crippen molar-refractivity contribution in [3.05, 3.63) is 0 Å². The smallest absolute Gasteiger partial charge is 0.0707 e. The van der Waals surface area contributed by atoms with E-state index in [0.717, 1.165) is 13.1 Å². The highest BCUT2D eigenvalue weighted by atomic mass is 16.5. The SMILES string of the molecule is CNC(C)C(C)(C)CN1CC2CCC(C1)O2. The van der Waals surface area contributed by atoms with Gasteiger partial charge in [0.2, 0.25) is 0 Å². The molecule has 2 aliphatic heterocycles. The second-order valence-electron chi connectivity index (χ2n) is 6.15. The highest BCUT2D eigenvalue weighted by Crippen LogP contribution is 2.29. The highest BCUT2D eigenvalue weighted by molar-refractivity contribution is 4.89. The molecule has 2 heterocycles. The highest BCUT2D eigenvalue weighted by Gasteiger charge is 2.36. The van der Waals surface area contributed by atoms with E-state index >= 15 is 0 Å². The van der Waals surface area contributed by atoms with E-state index in [1.54, 1.807) is 0 Å². The van der Waals surface area contributed by atoms with Crippen LogP contribution in [-0.4, -0.2) is 49.8 Å². The Bertz CT molecular complexity index is 230. The summed E-state index contributed by atoms with van der Waals surface area (Å²) in [5, 5.41) is 3.37. The zero-order valence-electron chi connectivity index (χ0n) is 11.1. The molecule has 0 saturated carbocycles. The number of hydrogen-bond acceptors (Lipinski definition) is 3. The molecule has 1 N–H and O–H groups in total. The lowest BCUT2D eigenvalue weighted by Gasteiger charge is -2.40. The quantitative estimate of drug-likeness (QED) is 0.786. The molecule has 94 valence electrons. The summed E-state index contributed by atoms with van der Waals surface area (Å²) in [7, 11) is 2.05. The Morgan fingerprint density at radius 3 is 2.38 bits per heavy atom. The predicted molar refractivity (Wildman–Crippen MR) is 66.6 cm³/mol. The molecule has 2 fully saturated rings. The van der Waals surface area contributed by atoms with Gasteiger partial charge in [-0.1, -0.05) is 13.8 Å². The van der Waals surface area contributed by atoms with Gasteiger partial charge in [0.15, 0.2) is 0 Å². The molecule has 2 aliphatic rings. The lowest BCUT2D eigenvalue weighted by molar-refractivity contribution is -0.0500. The number of nitrogens with zero attached hydrogens (tertiary/aromatic N) is 1. The van der Waals surface area contributed by atoms with Gasteiger partial charge >= 0.3 is 0 Å². The maximum Gasteiger partial charge on any atom is 0.0707 e. The van der Waals surface area contributed by atoms with Crippen molar-refractivity contribution < 1.29 is 4.74 Å². The molecular formula is C13H26N2O. The first kappa shape index (κ1) is 12.3. The van der Waals surface area contributed by atoms with Gasteiger partial charge in [-0.15, -0.1) is 0 Å². The summed E-state index contributed by atoms with van der Waals surface area (Å²) in [6.07, 6.45) is 3.56. The van der Waals surface area contributed by atoms with Crippen molar-refractivity contribution in [3.63, 3.8) is 0 Å². The van der Waals surface area contributed by atoms with E-state index in [1.807, 2.05) is 0 Å². The molecule has 0 aromatic heterocycles. The number of ether oxygens (including phenoxy) is 1. The van der Waals surface area contributed by atoms with E-state index in [2.05, 4.69) is 38.0 Å². The van der Waals surface area contributed by atoms with Crippen LogP contribution >= 0.6 is 0 Å². The van der Waals surface area contributed by atoms with Gasteiger partial charge in [-0.2, -0.15) is 0 Å². The minimum atomic E-state index is 0.325. The maximum absolute atomic E-state index is 5.87. The van der Waals surface area contributed by atoms with Crippen LogP contribution in [0.25, 0.3) is 0 Å². The Labute approximate surface area is 99.5 Å². The zero-order valence-corrected chi connectivity index (χ0v) is 11.1. The van der Waals surface area contributed by atoms with E-state index < -0.39 is 0 Å². The summed E-state index contributed by atoms with van der Waals surface area (Å²) >= 11 is 0. The van der Waals surface area contributed by atoms with E-state index in [-0.39, 0.29) is 0 Å². The van der Waals surface area contributed by atoms with Crippen molar-refractivity contribution >= 4 is 0 Å². The van der Waals surface area contributed by atoms with Gasteiger partial charge in [0, 0.05) is 25.7 Å². The van der Waals surface area contributed by atoms with Crippen molar-refractivity contribution in [2.24, 2.45) is 5.41 Å². The van der Waals surface area contributed by atoms with Crippen LogP contribution in [0.3, 0.4) is 0 Å². The lowest BCUT2D eigenvalue weighted by atomic mass is 9.84. The number of hydrogen-bond donors (Lipinski definition) is 1. The van der Waals surface area contributed by atoms with Gasteiger partial charge in [0.25, 0.3) is 0 Å². The molecule has 0 aromatic rings. The van der Waals surface area contributed by atoms with Crippen LogP contribution in [0.2, 0.25) is 0 Å². The number of morpholine rings is 1. The van der Waals surface area contributed by atoms with Gasteiger partial charge in [0.1, 0.15) is 0 Å². The van der Waals surface area contributed by atoms with E-state index in [4.69, 9.17) is 4.74 Å². The van der Waals surface area contributed by atoms with Gasteiger partial charge in [-0.25, -0.2) is 0 Å². The monoisotopic (exact) mass is 226 g/mol. The summed E-state index contributed by atoms with van der Waals surface area (Å²) in [6.45, 7) is 10.4. The fourth-order valence-electron chi connectivity index (χ4n) is 2.93. The Balaban J connectivity index is 1.89. The van der Waals surface area contributed by atoms with Crippen LogP contribution in [0, 0.1) is 5.41 Å². The average Bonchev–Trinajstić information content (AvgIpc) is 2.56. The lowest BCUT2D eigenvalue weighted by Crippen LogP contribution is -2.50. The van der Waals surface area contributed by atoms with Crippen LogP contribution in [-0.2, 0) is 4.74 Å². The molecule has 3 heteroatoms. The van der Waals surface area contributed by atoms with Gasteiger partial charge in [-0.3, -0.25) is 4.90 Å². The van der Waals surface area contributed by atoms with Crippen LogP contribution in [0.15, 0.2) is 0 Å². The molecule has 2 saturated heterocycles. The van der Waals surface area contributed by atoms with Gasteiger partial charge < -0.3 is 10.1 Å². The van der Waals surface area contributed by atoms with Crippen LogP contribution in [0.5, 0.6) is 0 Å². The zero-order chi connectivity index (χ0) is 11.8. The first-order valence-corrected chi connectivity index (χ1v) is 6.56. The molecule has 0 aliphatic carbocycles. The average molecular weight is 226 g/mol. The Hall–Kier alpha value is -0.120. The van der Waals surface area contributed by atoms with E-state index in [0.29, 0.717) is 23.7 Å². The van der Waals surface area contributed by atoms with Crippen LogP contribution in [0.1, 0.15) is 33.6 Å². The third kappa shape index (κ3) is 2.58. The number of nitrogens with one attached hydrogen (secondary N) is 1. The Kier molecular flexibility index (Phi) is 3.57. The third-order valence-corrected chi connectivity index (χ3v) is 4.36. The molecule has 0 spiro atoms. The first-order valence-electron chi connectivity index (χ1n) is 6.56. The molecule has 2 rings (SSSR count). The van der Waals surface area contributed by atoms with E-state index in [1.165, 1.54) is 19.4 Å². The van der Waals surface area contributed by atoms with Crippen molar-refractivity contribution in [3.8, 4) is 0 Å². The maximum atomic E-state index is 5.87. The molecular weight excluding hydrogens is 200 g/mol. The van der Waals surface area contributed by atoms with Crippen molar-refractivity contribution in [2.45, 2.75) is 51.9 Å². The van der Waals surface area contributed by atoms with Crippen molar-refractivity contribution in [1.29, 1.82) is 0 Å². The fraction of sp³-hybridized carbons (Fsp3) is 1.00. The fourth-order valence-corrected chi connectivity index (χ4v) is 2.93. The van der Waals surface area contributed by atoms with Crippen LogP contribution in [0.4, 0.5) is 0 Å². The molecule has 0 amide bonds. The summed E-state index contributed by atoms with van der Waals surface area (Å²) in [4.78, 5) is 2.60. The van der Waals surface area contributed by atoms with Gasteiger partial charge in [-0.05, 0) is 32.2 Å². The van der Waals surface area contributed by atoms with E-state index in [9.17, 15) is 0 Å². The largest absolute Gasteiger partial charge is 0.372 e. The molecule has 0 aromatic carbocycles.